The van der Waals surface area contributed by atoms with Gasteiger partial charge in [-0.25, -0.2) is 0 Å². The first kappa shape index (κ1) is 12.8. The number of rotatable bonds is 4. The van der Waals surface area contributed by atoms with Crippen LogP contribution in [0.2, 0.25) is 0 Å². The molecule has 0 bridgehead atoms. The van der Waals surface area contributed by atoms with Crippen LogP contribution in [0.25, 0.3) is 0 Å². The van der Waals surface area contributed by atoms with E-state index in [-0.39, 0.29) is 5.91 Å². The Bertz CT molecular complexity index is 627. The average molecular weight is 274 g/mol. The molecule has 1 aliphatic carbocycles. The lowest BCUT2D eigenvalue weighted by Crippen LogP contribution is -2.15. The van der Waals surface area contributed by atoms with Crippen LogP contribution in [0.15, 0.2) is 0 Å². The lowest BCUT2D eigenvalue weighted by Gasteiger charge is -1.99. The molecule has 0 spiro atoms. The van der Waals surface area contributed by atoms with Crippen LogP contribution >= 0.6 is 0 Å². The Morgan fingerprint density at radius 3 is 2.95 bits per heavy atom. The molecule has 0 aliphatic heterocycles. The molecule has 0 radical (unpaired) electrons. The molecule has 2 aromatic rings. The molecule has 7 nitrogen and oxygen atoms in total. The van der Waals surface area contributed by atoms with Crippen molar-refractivity contribution in [2.24, 2.45) is 5.92 Å². The quantitative estimate of drug-likeness (QED) is 0.786. The van der Waals surface area contributed by atoms with Crippen LogP contribution in [-0.4, -0.2) is 31.3 Å². The third kappa shape index (κ3) is 2.43. The number of aryl methyl sites for hydroxylation is 1. The van der Waals surface area contributed by atoms with E-state index in [1.807, 2.05) is 0 Å². The van der Waals surface area contributed by atoms with Crippen LogP contribution in [-0.2, 0) is 19.3 Å². The van der Waals surface area contributed by atoms with Crippen LogP contribution in [0.4, 0.5) is 5.95 Å². The van der Waals surface area contributed by atoms with Gasteiger partial charge in [0.05, 0.1) is 0 Å². The third-order valence-corrected chi connectivity index (χ3v) is 3.38. The Morgan fingerprint density at radius 1 is 1.30 bits per heavy atom. The van der Waals surface area contributed by atoms with E-state index in [2.05, 4.69) is 44.5 Å². The van der Waals surface area contributed by atoms with Gasteiger partial charge in [0, 0.05) is 17.7 Å². The molecule has 3 N–H and O–H groups in total. The monoisotopic (exact) mass is 274 g/mol. The largest absolute Gasteiger partial charge is 0.288 e. The van der Waals surface area contributed by atoms with Crippen LogP contribution in [0, 0.1) is 5.92 Å². The molecule has 0 aromatic carbocycles. The van der Waals surface area contributed by atoms with E-state index in [1.165, 1.54) is 0 Å². The van der Waals surface area contributed by atoms with Gasteiger partial charge in [-0.2, -0.15) is 10.1 Å². The van der Waals surface area contributed by atoms with Gasteiger partial charge in [0.1, 0.15) is 5.82 Å². The van der Waals surface area contributed by atoms with Gasteiger partial charge >= 0.3 is 0 Å². The van der Waals surface area contributed by atoms with Crippen LogP contribution < -0.4 is 5.32 Å². The van der Waals surface area contributed by atoms with Crippen LogP contribution in [0.1, 0.15) is 47.8 Å². The maximum absolute atomic E-state index is 12.2. The van der Waals surface area contributed by atoms with Gasteiger partial charge in [-0.1, -0.05) is 13.8 Å². The standard InChI is InChI=1S/C13H18N6O/c1-7(2)6-10-14-13(19-17-10)15-12(20)11-8-4-3-5-9(8)16-18-11/h7H,3-6H2,1-2H3,(H,16,18)(H2,14,15,17,19,20). The highest BCUT2D eigenvalue weighted by atomic mass is 16.2. The number of H-pyrrole nitrogens is 2. The molecule has 0 fully saturated rings. The van der Waals surface area contributed by atoms with E-state index in [1.54, 1.807) is 0 Å². The average Bonchev–Trinajstić information content (AvgIpc) is 3.03. The van der Waals surface area contributed by atoms with Gasteiger partial charge in [0.2, 0.25) is 5.95 Å². The Morgan fingerprint density at radius 2 is 2.15 bits per heavy atom. The maximum atomic E-state index is 12.2. The van der Waals surface area contributed by atoms with E-state index in [0.29, 0.717) is 17.6 Å². The summed E-state index contributed by atoms with van der Waals surface area (Å²) in [5, 5.41) is 16.5. The highest BCUT2D eigenvalue weighted by Gasteiger charge is 2.23. The highest BCUT2D eigenvalue weighted by Crippen LogP contribution is 2.23. The molecule has 1 amide bonds. The predicted octanol–water partition coefficient (Wildman–Crippen LogP) is 1.47. The molecule has 7 heteroatoms. The van der Waals surface area contributed by atoms with Gasteiger partial charge in [-0.05, 0) is 25.2 Å². The van der Waals surface area contributed by atoms with Crippen molar-refractivity contribution in [1.82, 2.24) is 25.4 Å². The molecule has 106 valence electrons. The number of hydrogen-bond donors (Lipinski definition) is 3. The minimum Gasteiger partial charge on any atom is -0.288 e. The molecular formula is C13H18N6O. The third-order valence-electron chi connectivity index (χ3n) is 3.38. The number of anilines is 1. The lowest BCUT2D eigenvalue weighted by molar-refractivity contribution is 0.102. The summed E-state index contributed by atoms with van der Waals surface area (Å²) in [6, 6.07) is 0. The van der Waals surface area contributed by atoms with E-state index >= 15 is 0 Å². The molecule has 0 saturated carbocycles. The van der Waals surface area contributed by atoms with Crippen molar-refractivity contribution < 1.29 is 4.79 Å². The first-order valence-corrected chi connectivity index (χ1v) is 6.92. The maximum Gasteiger partial charge on any atom is 0.278 e. The predicted molar refractivity (Wildman–Crippen MR) is 73.5 cm³/mol. The number of aromatic amines is 2. The molecule has 2 heterocycles. The number of amides is 1. The van der Waals surface area contributed by atoms with Crippen LogP contribution in [0.3, 0.4) is 0 Å². The fraction of sp³-hybridized carbons (Fsp3) is 0.538. The molecular weight excluding hydrogens is 256 g/mol. The van der Waals surface area contributed by atoms with Crippen molar-refractivity contribution in [2.75, 3.05) is 5.32 Å². The van der Waals surface area contributed by atoms with Crippen molar-refractivity contribution in [3.05, 3.63) is 22.8 Å². The van der Waals surface area contributed by atoms with E-state index in [9.17, 15) is 4.79 Å². The zero-order chi connectivity index (χ0) is 14.1. The molecule has 1 aliphatic rings. The molecule has 2 aromatic heterocycles. The smallest absolute Gasteiger partial charge is 0.278 e. The number of carbonyl (C=O) groups is 1. The summed E-state index contributed by atoms with van der Waals surface area (Å²) < 4.78 is 0. The van der Waals surface area contributed by atoms with Crippen molar-refractivity contribution in [1.29, 1.82) is 0 Å². The molecule has 0 atom stereocenters. The number of hydrogen-bond acceptors (Lipinski definition) is 4. The Kier molecular flexibility index (Phi) is 3.25. The number of nitrogens with zero attached hydrogens (tertiary/aromatic N) is 3. The van der Waals surface area contributed by atoms with Gasteiger partial charge in [-0.3, -0.25) is 20.3 Å². The Hall–Kier alpha value is -2.18. The van der Waals surface area contributed by atoms with E-state index in [4.69, 9.17) is 0 Å². The number of aromatic nitrogens is 5. The van der Waals surface area contributed by atoms with Crippen molar-refractivity contribution in [3.8, 4) is 0 Å². The topological polar surface area (TPSA) is 99.3 Å². The summed E-state index contributed by atoms with van der Waals surface area (Å²) in [7, 11) is 0. The Labute approximate surface area is 116 Å². The molecule has 0 saturated heterocycles. The SMILES string of the molecule is CC(C)Cc1nc(NC(=O)c2n[nH]c3c2CCC3)n[nH]1. The summed E-state index contributed by atoms with van der Waals surface area (Å²) in [6.07, 6.45) is 3.75. The summed E-state index contributed by atoms with van der Waals surface area (Å²) >= 11 is 0. The zero-order valence-electron chi connectivity index (χ0n) is 11.7. The zero-order valence-corrected chi connectivity index (χ0v) is 11.7. The minimum absolute atomic E-state index is 0.250. The summed E-state index contributed by atoms with van der Waals surface area (Å²) in [5.74, 6) is 1.32. The fourth-order valence-corrected chi connectivity index (χ4v) is 2.50. The number of nitrogens with one attached hydrogen (secondary N) is 3. The first-order valence-electron chi connectivity index (χ1n) is 6.92. The van der Waals surface area contributed by atoms with Gasteiger partial charge in [0.15, 0.2) is 5.69 Å². The second kappa shape index (κ2) is 5.07. The van der Waals surface area contributed by atoms with E-state index in [0.717, 1.165) is 42.8 Å². The van der Waals surface area contributed by atoms with E-state index < -0.39 is 0 Å². The van der Waals surface area contributed by atoms with Crippen molar-refractivity contribution in [2.45, 2.75) is 39.5 Å². The molecule has 3 rings (SSSR count). The highest BCUT2D eigenvalue weighted by molar-refractivity contribution is 6.03. The van der Waals surface area contributed by atoms with Gasteiger partial charge in [-0.15, -0.1) is 5.10 Å². The summed E-state index contributed by atoms with van der Waals surface area (Å²) in [5.41, 5.74) is 2.57. The summed E-state index contributed by atoms with van der Waals surface area (Å²) in [6.45, 7) is 4.21. The second-order valence-corrected chi connectivity index (χ2v) is 5.54. The molecule has 20 heavy (non-hydrogen) atoms. The molecule has 0 unspecified atom stereocenters. The minimum atomic E-state index is -0.250. The van der Waals surface area contributed by atoms with Crippen molar-refractivity contribution >= 4 is 11.9 Å². The number of fused-ring (bicyclic) bond motifs is 1. The summed E-state index contributed by atoms with van der Waals surface area (Å²) in [4.78, 5) is 16.4. The van der Waals surface area contributed by atoms with Crippen molar-refractivity contribution in [3.63, 3.8) is 0 Å². The number of carbonyl (C=O) groups excluding carboxylic acids is 1. The normalized spacial score (nSPS) is 13.8. The van der Waals surface area contributed by atoms with Gasteiger partial charge < -0.3 is 0 Å². The Balaban J connectivity index is 1.71. The lowest BCUT2D eigenvalue weighted by atomic mass is 10.1. The second-order valence-electron chi connectivity index (χ2n) is 5.54. The van der Waals surface area contributed by atoms with Gasteiger partial charge in [0.25, 0.3) is 5.91 Å². The van der Waals surface area contributed by atoms with Crippen LogP contribution in [0.5, 0.6) is 0 Å². The first-order chi connectivity index (χ1) is 9.63. The fourth-order valence-electron chi connectivity index (χ4n) is 2.50.